The van der Waals surface area contributed by atoms with Gasteiger partial charge in [0.05, 0.1) is 23.1 Å². The second-order valence-electron chi connectivity index (χ2n) is 10.4. The van der Waals surface area contributed by atoms with Crippen molar-refractivity contribution in [2.24, 2.45) is 0 Å². The molecule has 5 aromatic rings. The summed E-state index contributed by atoms with van der Waals surface area (Å²) >= 11 is 0. The van der Waals surface area contributed by atoms with Crippen LogP contribution in [0.3, 0.4) is 0 Å². The number of hydrogen-bond acceptors (Lipinski definition) is 9. The van der Waals surface area contributed by atoms with Crippen molar-refractivity contribution in [3.8, 4) is 28.5 Å². The van der Waals surface area contributed by atoms with Gasteiger partial charge in [-0.05, 0) is 57.2 Å². The van der Waals surface area contributed by atoms with Gasteiger partial charge in [-0.15, -0.1) is 0 Å². The van der Waals surface area contributed by atoms with Gasteiger partial charge in [-0.3, -0.25) is 15.0 Å². The highest BCUT2D eigenvalue weighted by molar-refractivity contribution is 5.93. The number of anilines is 1. The SMILES string of the molecule is CN1CCN(c2ccnc3nc(-c4n[nH]c5ccc(-c6cncc(OCCN7CCCC7)c6)nc45)[nH]c23)CC1. The molecule has 39 heavy (non-hydrogen) atoms. The fraction of sp³-hybridized carbons (Fsp3) is 0.393. The molecule has 11 nitrogen and oxygen atoms in total. The largest absolute Gasteiger partial charge is 0.491 e. The summed E-state index contributed by atoms with van der Waals surface area (Å²) in [7, 11) is 2.16. The Morgan fingerprint density at radius 2 is 1.85 bits per heavy atom. The van der Waals surface area contributed by atoms with Crippen molar-refractivity contribution in [1.82, 2.24) is 44.9 Å². The highest BCUT2D eigenvalue weighted by Gasteiger charge is 2.21. The van der Waals surface area contributed by atoms with Crippen LogP contribution in [0.5, 0.6) is 5.75 Å². The van der Waals surface area contributed by atoms with Crippen LogP contribution in [0.1, 0.15) is 12.8 Å². The number of likely N-dealkylation sites (N-methyl/N-ethyl adjacent to an activating group) is 1. The second kappa shape index (κ2) is 10.2. The van der Waals surface area contributed by atoms with Crippen LogP contribution >= 0.6 is 0 Å². The van der Waals surface area contributed by atoms with Crippen molar-refractivity contribution in [3.63, 3.8) is 0 Å². The van der Waals surface area contributed by atoms with E-state index in [0.29, 0.717) is 23.8 Å². The molecule has 0 atom stereocenters. The number of rotatable bonds is 7. The Balaban J connectivity index is 1.17. The lowest BCUT2D eigenvalue weighted by Gasteiger charge is -2.34. The molecule has 2 aliphatic rings. The normalized spacial score (nSPS) is 17.0. The molecule has 0 aliphatic carbocycles. The number of ether oxygens (including phenoxy) is 1. The lowest BCUT2D eigenvalue weighted by molar-refractivity contribution is 0.237. The van der Waals surface area contributed by atoms with Crippen LogP contribution in [0.4, 0.5) is 5.69 Å². The molecule has 11 heteroatoms. The zero-order chi connectivity index (χ0) is 26.2. The van der Waals surface area contributed by atoms with Crippen LogP contribution in [-0.4, -0.2) is 104 Å². The summed E-state index contributed by atoms with van der Waals surface area (Å²) in [4.78, 5) is 29.4. The summed E-state index contributed by atoms with van der Waals surface area (Å²) in [5.41, 5.74) is 6.67. The molecule has 0 aromatic carbocycles. The first-order chi connectivity index (χ1) is 19.2. The third kappa shape index (κ3) is 4.79. The molecule has 5 aromatic heterocycles. The number of fused-ring (bicyclic) bond motifs is 2. The molecule has 0 bridgehead atoms. The van der Waals surface area contributed by atoms with Gasteiger partial charge >= 0.3 is 0 Å². The molecular formula is C28H32N10O. The van der Waals surface area contributed by atoms with Gasteiger partial charge in [0.25, 0.3) is 0 Å². The third-order valence-corrected chi connectivity index (χ3v) is 7.73. The van der Waals surface area contributed by atoms with Crippen LogP contribution in [0.15, 0.2) is 42.9 Å². The van der Waals surface area contributed by atoms with Crippen LogP contribution in [0.2, 0.25) is 0 Å². The van der Waals surface area contributed by atoms with Crippen molar-refractivity contribution < 1.29 is 4.74 Å². The standard InChI is InChI=1S/C28H32N10O/c1-36-10-12-38(13-11-36)23-6-7-30-27-25(23)32-28(33-27)26-24-22(34-35-26)5-4-21(31-24)19-16-20(18-29-17-19)39-15-14-37-8-2-3-9-37/h4-7,16-18H,2-3,8-15H2,1H3,(H,34,35)(H,30,32,33). The summed E-state index contributed by atoms with van der Waals surface area (Å²) in [6.45, 7) is 7.91. The lowest BCUT2D eigenvalue weighted by Crippen LogP contribution is -2.44. The summed E-state index contributed by atoms with van der Waals surface area (Å²) in [6.07, 6.45) is 7.96. The van der Waals surface area contributed by atoms with Gasteiger partial charge in [-0.1, -0.05) is 0 Å². The van der Waals surface area contributed by atoms with Gasteiger partial charge in [-0.2, -0.15) is 5.10 Å². The van der Waals surface area contributed by atoms with E-state index in [-0.39, 0.29) is 0 Å². The van der Waals surface area contributed by atoms with Gasteiger partial charge in [-0.25, -0.2) is 15.0 Å². The number of nitrogens with one attached hydrogen (secondary N) is 2. The van der Waals surface area contributed by atoms with Crippen LogP contribution in [0, 0.1) is 0 Å². The zero-order valence-corrected chi connectivity index (χ0v) is 22.1. The molecule has 0 saturated carbocycles. The van der Waals surface area contributed by atoms with Crippen molar-refractivity contribution in [2.45, 2.75) is 12.8 Å². The molecule has 7 rings (SSSR count). The van der Waals surface area contributed by atoms with Gasteiger partial charge in [0.15, 0.2) is 17.2 Å². The topological polar surface area (TPSA) is 115 Å². The number of pyridine rings is 3. The average molecular weight is 525 g/mol. The molecule has 200 valence electrons. The number of nitrogens with zero attached hydrogens (tertiary/aromatic N) is 8. The quantitative estimate of drug-likeness (QED) is 0.331. The highest BCUT2D eigenvalue weighted by atomic mass is 16.5. The molecule has 2 N–H and O–H groups in total. The molecule has 2 fully saturated rings. The van der Waals surface area contributed by atoms with E-state index in [9.17, 15) is 0 Å². The summed E-state index contributed by atoms with van der Waals surface area (Å²) in [5, 5.41) is 7.67. The number of likely N-dealkylation sites (tertiary alicyclic amines) is 1. The van der Waals surface area contributed by atoms with Crippen molar-refractivity contribution in [1.29, 1.82) is 0 Å². The first kappa shape index (κ1) is 24.0. The Bertz CT molecular complexity index is 1600. The lowest BCUT2D eigenvalue weighted by atomic mass is 10.1. The zero-order valence-electron chi connectivity index (χ0n) is 22.1. The minimum Gasteiger partial charge on any atom is -0.491 e. The number of aromatic amines is 2. The van der Waals surface area contributed by atoms with E-state index >= 15 is 0 Å². The maximum absolute atomic E-state index is 6.02. The maximum atomic E-state index is 6.02. The van der Waals surface area contributed by atoms with Gasteiger partial charge in [0.1, 0.15) is 23.4 Å². The molecule has 0 radical (unpaired) electrons. The average Bonchev–Trinajstić information content (AvgIpc) is 3.73. The Labute approximate surface area is 226 Å². The number of hydrogen-bond donors (Lipinski definition) is 2. The van der Waals surface area contributed by atoms with E-state index in [1.54, 1.807) is 6.20 Å². The summed E-state index contributed by atoms with van der Waals surface area (Å²) < 4.78 is 6.02. The van der Waals surface area contributed by atoms with Crippen molar-refractivity contribution in [2.75, 3.05) is 64.4 Å². The van der Waals surface area contributed by atoms with Crippen LogP contribution in [0.25, 0.3) is 45.0 Å². The fourth-order valence-electron chi connectivity index (χ4n) is 5.48. The van der Waals surface area contributed by atoms with E-state index in [0.717, 1.165) is 85.1 Å². The predicted molar refractivity (Wildman–Crippen MR) is 151 cm³/mol. The molecule has 7 heterocycles. The number of imidazole rings is 1. The molecular weight excluding hydrogens is 492 g/mol. The fourth-order valence-corrected chi connectivity index (χ4v) is 5.48. The van der Waals surface area contributed by atoms with Gasteiger partial charge in [0, 0.05) is 50.7 Å². The summed E-state index contributed by atoms with van der Waals surface area (Å²) in [6, 6.07) is 8.02. The Morgan fingerprint density at radius 1 is 0.974 bits per heavy atom. The minimum atomic E-state index is 0.645. The monoisotopic (exact) mass is 524 g/mol. The van der Waals surface area contributed by atoms with Gasteiger partial charge < -0.3 is 19.5 Å². The van der Waals surface area contributed by atoms with Gasteiger partial charge in [0.2, 0.25) is 0 Å². The number of piperazine rings is 1. The molecule has 0 amide bonds. The number of aromatic nitrogens is 7. The van der Waals surface area contributed by atoms with E-state index in [4.69, 9.17) is 14.7 Å². The van der Waals surface area contributed by atoms with E-state index in [1.165, 1.54) is 12.8 Å². The molecule has 2 saturated heterocycles. The molecule has 2 aliphatic heterocycles. The predicted octanol–water partition coefficient (Wildman–Crippen LogP) is 3.18. The Morgan fingerprint density at radius 3 is 2.72 bits per heavy atom. The van der Waals surface area contributed by atoms with Crippen molar-refractivity contribution >= 4 is 27.9 Å². The minimum absolute atomic E-state index is 0.645. The smallest absolute Gasteiger partial charge is 0.180 e. The van der Waals surface area contributed by atoms with E-state index in [2.05, 4.69) is 53.0 Å². The molecule has 0 unspecified atom stereocenters. The van der Waals surface area contributed by atoms with Crippen LogP contribution < -0.4 is 9.64 Å². The van der Waals surface area contributed by atoms with Crippen molar-refractivity contribution in [3.05, 3.63) is 42.9 Å². The first-order valence-corrected chi connectivity index (χ1v) is 13.7. The van der Waals surface area contributed by atoms with Crippen LogP contribution in [-0.2, 0) is 0 Å². The maximum Gasteiger partial charge on any atom is 0.180 e. The van der Waals surface area contributed by atoms with E-state index in [1.807, 2.05) is 30.6 Å². The number of H-pyrrole nitrogens is 2. The third-order valence-electron chi connectivity index (χ3n) is 7.73. The Hall–Kier alpha value is -4.09. The second-order valence-corrected chi connectivity index (χ2v) is 10.4. The first-order valence-electron chi connectivity index (χ1n) is 13.7. The van der Waals surface area contributed by atoms with E-state index < -0.39 is 0 Å². The highest BCUT2D eigenvalue weighted by Crippen LogP contribution is 2.31. The molecule has 0 spiro atoms. The summed E-state index contributed by atoms with van der Waals surface area (Å²) in [5.74, 6) is 1.40. The Kier molecular flexibility index (Phi) is 6.29.